The summed E-state index contributed by atoms with van der Waals surface area (Å²) in [5, 5.41) is 2.50. The Balaban J connectivity index is 1.23. The number of hydrogen-bond donors (Lipinski definition) is 1. The van der Waals surface area contributed by atoms with Crippen LogP contribution in [0.25, 0.3) is 16.9 Å². The van der Waals surface area contributed by atoms with Crippen LogP contribution in [-0.4, -0.2) is 73.1 Å². The number of carbonyl (C=O) groups is 2. The van der Waals surface area contributed by atoms with Crippen molar-refractivity contribution in [3.8, 4) is 11.1 Å². The van der Waals surface area contributed by atoms with Gasteiger partial charge in [-0.05, 0) is 56.9 Å². The molecule has 2 aliphatic heterocycles. The van der Waals surface area contributed by atoms with Crippen molar-refractivity contribution in [1.29, 1.82) is 0 Å². The van der Waals surface area contributed by atoms with Crippen LogP contribution in [0.5, 0.6) is 0 Å². The van der Waals surface area contributed by atoms with Crippen LogP contribution >= 0.6 is 0 Å². The number of hydrogen-bond acceptors (Lipinski definition) is 8. The Bertz CT molecular complexity index is 2020. The highest BCUT2D eigenvalue weighted by molar-refractivity contribution is 6.77. The summed E-state index contributed by atoms with van der Waals surface area (Å²) < 4.78 is 40.5. The molecule has 9 nitrogen and oxygen atoms in total. The minimum Gasteiger partial charge on any atom is -0.485 e. The number of carbonyl (C=O) groups excluding carboxylic acids is 2. The Labute approximate surface area is 393 Å². The third-order valence-electron chi connectivity index (χ3n) is 14.1. The van der Waals surface area contributed by atoms with Crippen LogP contribution in [0.4, 0.5) is 4.79 Å². The lowest BCUT2D eigenvalue weighted by molar-refractivity contribution is -0.146. The van der Waals surface area contributed by atoms with E-state index in [-0.39, 0.29) is 47.3 Å². The fourth-order valence-electron chi connectivity index (χ4n) is 11.2. The summed E-state index contributed by atoms with van der Waals surface area (Å²) in [5.74, 6) is 0.155. The van der Waals surface area contributed by atoms with E-state index in [4.69, 9.17) is 27.5 Å². The number of rotatable bonds is 18. The molecule has 4 atom stereocenters. The quantitative estimate of drug-likeness (QED) is 0.0765. The largest absolute Gasteiger partial charge is 0.485 e. The van der Waals surface area contributed by atoms with Gasteiger partial charge >= 0.3 is 20.6 Å². The van der Waals surface area contributed by atoms with Crippen molar-refractivity contribution in [3.63, 3.8) is 0 Å². The molecule has 0 saturated carbocycles. The van der Waals surface area contributed by atoms with E-state index in [1.165, 1.54) is 0 Å². The molecule has 1 N–H and O–H groups in total. The first-order valence-electron chi connectivity index (χ1n) is 24.5. The molecule has 0 radical (unpaired) electrons. The van der Waals surface area contributed by atoms with Crippen molar-refractivity contribution in [2.45, 2.75) is 186 Å². The third kappa shape index (κ3) is 10.9. The van der Waals surface area contributed by atoms with E-state index in [2.05, 4.69) is 126 Å². The van der Waals surface area contributed by atoms with Crippen LogP contribution in [0.2, 0.25) is 26.7 Å². The number of amides is 1. The van der Waals surface area contributed by atoms with E-state index in [1.807, 2.05) is 48.5 Å². The molecule has 3 aromatic rings. The number of fused-ring (bicyclic) bond motifs is 4. The van der Waals surface area contributed by atoms with Gasteiger partial charge in [0.25, 0.3) is 0 Å². The molecule has 0 spiro atoms. The van der Waals surface area contributed by atoms with Gasteiger partial charge in [0.1, 0.15) is 30.6 Å². The van der Waals surface area contributed by atoms with E-state index >= 15 is 0 Å². The van der Waals surface area contributed by atoms with Gasteiger partial charge in [-0.25, -0.2) is 9.59 Å². The first-order valence-corrected chi connectivity index (χ1v) is 28.4. The fourth-order valence-corrected chi connectivity index (χ4v) is 21.7. The highest BCUT2D eigenvalue weighted by atomic mass is 28.4. The Kier molecular flexibility index (Phi) is 16.4. The number of esters is 1. The summed E-state index contributed by atoms with van der Waals surface area (Å²) in [6.45, 7) is 30.4. The molecule has 65 heavy (non-hydrogen) atoms. The molecule has 0 unspecified atom stereocenters. The molecule has 1 saturated heterocycles. The second-order valence-corrected chi connectivity index (χ2v) is 31.8. The molecule has 11 heteroatoms. The van der Waals surface area contributed by atoms with Gasteiger partial charge < -0.3 is 32.8 Å². The lowest BCUT2D eigenvalue weighted by Crippen LogP contribution is -2.68. The average Bonchev–Trinajstić information content (AvgIpc) is 3.57. The van der Waals surface area contributed by atoms with Crippen molar-refractivity contribution >= 4 is 34.7 Å². The Morgan fingerprint density at radius 3 is 1.89 bits per heavy atom. The van der Waals surface area contributed by atoms with E-state index in [0.717, 1.165) is 71.2 Å². The highest BCUT2D eigenvalue weighted by Gasteiger charge is 2.64. The maximum Gasteiger partial charge on any atom is 0.407 e. The highest BCUT2D eigenvalue weighted by Crippen LogP contribution is 2.56. The molecule has 1 fully saturated rings. The maximum atomic E-state index is 13.7. The molecule has 356 valence electrons. The molecular weight excluding hydrogens is 847 g/mol. The lowest BCUT2D eigenvalue weighted by Gasteiger charge is -2.57. The summed E-state index contributed by atoms with van der Waals surface area (Å²) >= 11 is 0. The number of nitrogens with one attached hydrogen (secondary N) is 1. The SMILES string of the molecule is CCCCCCCOC(=O)[C@H](Cc1ccc(C2=C[C@@H](O[Si](C(C)C)(C(C)C)C(C)C)[C@@H]3O[Si](C(C)(C)C)(C(C)(C)C)OC[C@H]3O2)cc1)NC(=O)OCC1c2ccccc2-c2ccccc21. The summed E-state index contributed by atoms with van der Waals surface area (Å²) in [7, 11) is -5.22. The smallest absolute Gasteiger partial charge is 0.407 e. The number of unbranched alkanes of at least 4 members (excludes halogenated alkanes) is 4. The van der Waals surface area contributed by atoms with Crippen LogP contribution in [0.15, 0.2) is 78.9 Å². The fraction of sp³-hybridized carbons (Fsp3) is 0.593. The van der Waals surface area contributed by atoms with Gasteiger partial charge in [-0.15, -0.1) is 0 Å². The zero-order chi connectivity index (χ0) is 47.3. The number of benzene rings is 3. The number of alkyl carbamates (subject to hydrolysis) is 1. The Morgan fingerprint density at radius 1 is 0.769 bits per heavy atom. The van der Waals surface area contributed by atoms with E-state index in [1.54, 1.807) is 0 Å². The van der Waals surface area contributed by atoms with Gasteiger partial charge in [0.15, 0.2) is 0 Å². The summed E-state index contributed by atoms with van der Waals surface area (Å²) in [6, 6.07) is 23.6. The zero-order valence-electron chi connectivity index (χ0n) is 41.8. The van der Waals surface area contributed by atoms with Gasteiger partial charge in [0, 0.05) is 28.0 Å². The second-order valence-electron chi connectivity index (χ2n) is 21.6. The molecule has 3 aliphatic rings. The molecule has 1 aliphatic carbocycles. The molecule has 6 rings (SSSR count). The van der Waals surface area contributed by atoms with Crippen LogP contribution < -0.4 is 5.32 Å². The van der Waals surface area contributed by atoms with E-state index < -0.39 is 35.0 Å². The molecule has 1 amide bonds. The Hall–Kier alpha value is -3.75. The van der Waals surface area contributed by atoms with Crippen LogP contribution in [-0.2, 0) is 38.7 Å². The third-order valence-corrected chi connectivity index (χ3v) is 25.4. The van der Waals surface area contributed by atoms with E-state index in [9.17, 15) is 9.59 Å². The summed E-state index contributed by atoms with van der Waals surface area (Å²) in [5.41, 5.74) is 7.46. The monoisotopic (exact) mass is 926 g/mol. The van der Waals surface area contributed by atoms with Crippen LogP contribution in [0.1, 0.15) is 150 Å². The average molecular weight is 926 g/mol. The summed E-state index contributed by atoms with van der Waals surface area (Å²) in [6.07, 6.45) is 5.89. The lowest BCUT2D eigenvalue weighted by atomic mass is 9.98. The molecule has 0 bridgehead atoms. The van der Waals surface area contributed by atoms with Gasteiger partial charge in [0.05, 0.1) is 19.3 Å². The van der Waals surface area contributed by atoms with Crippen molar-refractivity contribution < 1.29 is 37.1 Å². The van der Waals surface area contributed by atoms with Crippen molar-refractivity contribution in [2.75, 3.05) is 19.8 Å². The van der Waals surface area contributed by atoms with Gasteiger partial charge in [-0.1, -0.05) is 188 Å². The zero-order valence-corrected chi connectivity index (χ0v) is 43.8. The minimum atomic E-state index is -2.85. The molecular formula is C54H79NO8Si2. The molecule has 3 aromatic carbocycles. The maximum absolute atomic E-state index is 13.7. The predicted molar refractivity (Wildman–Crippen MR) is 267 cm³/mol. The topological polar surface area (TPSA) is 102 Å². The van der Waals surface area contributed by atoms with Gasteiger partial charge in [-0.2, -0.15) is 0 Å². The first kappa shape index (κ1) is 50.7. The van der Waals surface area contributed by atoms with Crippen LogP contribution in [0.3, 0.4) is 0 Å². The second kappa shape index (κ2) is 21.0. The van der Waals surface area contributed by atoms with Crippen LogP contribution in [0, 0.1) is 0 Å². The molecule has 0 aromatic heterocycles. The van der Waals surface area contributed by atoms with Gasteiger partial charge in [-0.3, -0.25) is 0 Å². The summed E-state index contributed by atoms with van der Waals surface area (Å²) in [4.78, 5) is 27.3. The van der Waals surface area contributed by atoms with Crippen molar-refractivity contribution in [1.82, 2.24) is 5.32 Å². The standard InChI is InChI=1S/C54H79NO8Si2/c1-14-15-16-17-22-31-58-51(56)46(55-52(57)59-34-45-43-25-20-18-23-41(43)42-24-19-21-26-44(42)45)32-39-27-29-40(30-28-39)47-33-48(62-64(36(2)3,37(4)5)38(6)7)50-49(61-47)35-60-65(63-50,53(8,9)10)54(11,12)13/h18-21,23-30,33,36-38,45-46,48-50H,14-17,22,31-32,34-35H2,1-13H3,(H,55,57)/t46-,48+,49+,50-/m0/s1. The molecule has 2 heterocycles. The first-order chi connectivity index (χ1) is 30.7. The normalized spacial score (nSPS) is 20.1. The minimum absolute atomic E-state index is 0.0981. The van der Waals surface area contributed by atoms with Crippen molar-refractivity contribution in [2.24, 2.45) is 0 Å². The van der Waals surface area contributed by atoms with E-state index in [0.29, 0.717) is 29.8 Å². The van der Waals surface area contributed by atoms with Gasteiger partial charge in [0.2, 0.25) is 8.32 Å². The predicted octanol–water partition coefficient (Wildman–Crippen LogP) is 13.4. The Morgan fingerprint density at radius 2 is 1.34 bits per heavy atom. The number of ether oxygens (including phenoxy) is 3. The van der Waals surface area contributed by atoms with Crippen molar-refractivity contribution in [3.05, 3.63) is 101 Å².